The number of ether oxygens (including phenoxy) is 2. The van der Waals surface area contributed by atoms with Crippen molar-refractivity contribution in [3.8, 4) is 11.5 Å². The van der Waals surface area contributed by atoms with Crippen molar-refractivity contribution < 1.29 is 31.8 Å². The lowest BCUT2D eigenvalue weighted by molar-refractivity contribution is 0.193. The fourth-order valence-electron chi connectivity index (χ4n) is 3.29. The molecule has 0 aliphatic carbocycles. The Hall–Kier alpha value is -3.01. The summed E-state index contributed by atoms with van der Waals surface area (Å²) in [5.41, 5.74) is 1.12. The quantitative estimate of drug-likeness (QED) is 0.477. The number of benzene rings is 3. The van der Waals surface area contributed by atoms with Gasteiger partial charge in [-0.1, -0.05) is 30.3 Å². The lowest BCUT2D eigenvalue weighted by Gasteiger charge is -2.24. The molecule has 0 amide bonds. The molecule has 6 nitrogen and oxygen atoms in total. The number of hydrogen-bond acceptors (Lipinski definition) is 5. The van der Waals surface area contributed by atoms with E-state index in [-0.39, 0.29) is 18.7 Å². The molecule has 3 rings (SSSR count). The van der Waals surface area contributed by atoms with Crippen LogP contribution in [0.3, 0.4) is 0 Å². The SMILES string of the molecule is COc1ccc(CN(Cc2ccc(OC)cc2)S(=O)(=O)C[C@H](O)c2ccc(F)cc2F)cc1. The Morgan fingerprint density at radius 3 is 1.76 bits per heavy atom. The highest BCUT2D eigenvalue weighted by Gasteiger charge is 2.28. The summed E-state index contributed by atoms with van der Waals surface area (Å²) >= 11 is 0. The van der Waals surface area contributed by atoms with E-state index in [2.05, 4.69) is 0 Å². The largest absolute Gasteiger partial charge is 0.497 e. The number of nitrogens with zero attached hydrogens (tertiary/aromatic N) is 1. The van der Waals surface area contributed by atoms with Crippen LogP contribution in [0.1, 0.15) is 22.8 Å². The second kappa shape index (κ2) is 10.7. The molecule has 0 radical (unpaired) electrons. The molecule has 0 unspecified atom stereocenters. The molecule has 0 heterocycles. The normalized spacial score (nSPS) is 12.5. The van der Waals surface area contributed by atoms with Gasteiger partial charge < -0.3 is 14.6 Å². The summed E-state index contributed by atoms with van der Waals surface area (Å²) in [4.78, 5) is 0. The number of aliphatic hydroxyl groups is 1. The highest BCUT2D eigenvalue weighted by atomic mass is 32.2. The van der Waals surface area contributed by atoms with E-state index in [1.807, 2.05) is 0 Å². The zero-order chi connectivity index (χ0) is 24.0. The molecule has 0 saturated heterocycles. The van der Waals surface area contributed by atoms with E-state index < -0.39 is 33.5 Å². The van der Waals surface area contributed by atoms with Crippen molar-refractivity contribution in [3.63, 3.8) is 0 Å². The van der Waals surface area contributed by atoms with E-state index in [1.165, 1.54) is 18.5 Å². The van der Waals surface area contributed by atoms with E-state index in [4.69, 9.17) is 9.47 Å². The fourth-order valence-corrected chi connectivity index (χ4v) is 4.77. The van der Waals surface area contributed by atoms with Crippen LogP contribution in [0.2, 0.25) is 0 Å². The first-order valence-corrected chi connectivity index (χ1v) is 11.7. The molecule has 9 heteroatoms. The molecule has 3 aromatic rings. The third-order valence-electron chi connectivity index (χ3n) is 5.12. The second-order valence-electron chi connectivity index (χ2n) is 7.42. The van der Waals surface area contributed by atoms with Crippen molar-refractivity contribution in [1.29, 1.82) is 0 Å². The summed E-state index contributed by atoms with van der Waals surface area (Å²) in [6.07, 6.45) is -1.66. The molecule has 1 N–H and O–H groups in total. The van der Waals surface area contributed by atoms with E-state index in [0.29, 0.717) is 28.7 Å². The number of aliphatic hydroxyl groups excluding tert-OH is 1. The zero-order valence-electron chi connectivity index (χ0n) is 18.2. The van der Waals surface area contributed by atoms with Gasteiger partial charge in [0, 0.05) is 24.7 Å². The molecule has 0 saturated carbocycles. The monoisotopic (exact) mass is 477 g/mol. The molecule has 3 aromatic carbocycles. The molecule has 0 fully saturated rings. The van der Waals surface area contributed by atoms with Crippen molar-refractivity contribution in [3.05, 3.63) is 95.1 Å². The minimum absolute atomic E-state index is 0.0248. The van der Waals surface area contributed by atoms with Crippen molar-refractivity contribution in [2.24, 2.45) is 0 Å². The van der Waals surface area contributed by atoms with E-state index >= 15 is 0 Å². The number of halogens is 2. The topological polar surface area (TPSA) is 76.1 Å². The lowest BCUT2D eigenvalue weighted by atomic mass is 10.1. The van der Waals surface area contributed by atoms with Crippen LogP contribution in [-0.2, 0) is 23.1 Å². The van der Waals surface area contributed by atoms with Gasteiger partial charge in [-0.05, 0) is 41.5 Å². The van der Waals surface area contributed by atoms with E-state index in [9.17, 15) is 22.3 Å². The lowest BCUT2D eigenvalue weighted by Crippen LogP contribution is -2.34. The molecule has 0 bridgehead atoms. The Kier molecular flexibility index (Phi) is 8.01. The van der Waals surface area contributed by atoms with Crippen LogP contribution in [0.4, 0.5) is 8.78 Å². The molecule has 176 valence electrons. The summed E-state index contributed by atoms with van der Waals surface area (Å²) in [6.45, 7) is 0.0496. The van der Waals surface area contributed by atoms with Crippen LogP contribution in [0.25, 0.3) is 0 Å². The predicted molar refractivity (Wildman–Crippen MR) is 120 cm³/mol. The first-order valence-electron chi connectivity index (χ1n) is 10.1. The van der Waals surface area contributed by atoms with Gasteiger partial charge in [0.05, 0.1) is 26.1 Å². The zero-order valence-corrected chi connectivity index (χ0v) is 19.1. The van der Waals surface area contributed by atoms with Gasteiger partial charge in [-0.2, -0.15) is 4.31 Å². The van der Waals surface area contributed by atoms with Gasteiger partial charge in [-0.15, -0.1) is 0 Å². The third-order valence-corrected chi connectivity index (χ3v) is 6.90. The van der Waals surface area contributed by atoms with Crippen LogP contribution in [0.5, 0.6) is 11.5 Å². The number of methoxy groups -OCH3 is 2. The van der Waals surface area contributed by atoms with E-state index in [1.54, 1.807) is 48.5 Å². The highest BCUT2D eigenvalue weighted by Crippen LogP contribution is 2.24. The van der Waals surface area contributed by atoms with Crippen LogP contribution in [0, 0.1) is 11.6 Å². The van der Waals surface area contributed by atoms with Gasteiger partial charge >= 0.3 is 0 Å². The Balaban J connectivity index is 1.87. The molecule has 0 aliphatic heterocycles. The van der Waals surface area contributed by atoms with E-state index in [0.717, 1.165) is 12.1 Å². The maximum Gasteiger partial charge on any atom is 0.217 e. The van der Waals surface area contributed by atoms with Gasteiger partial charge in [0.2, 0.25) is 10.0 Å². The van der Waals surface area contributed by atoms with Gasteiger partial charge in [0.15, 0.2) is 0 Å². The molecule has 33 heavy (non-hydrogen) atoms. The van der Waals surface area contributed by atoms with Crippen LogP contribution >= 0.6 is 0 Å². The Labute approximate surface area is 192 Å². The molecule has 0 aliphatic rings. The predicted octanol–water partition coefficient (Wildman–Crippen LogP) is 4.05. The standard InChI is InChI=1S/C24H25F2NO5S/c1-31-20-8-3-17(4-9-20)14-27(15-18-5-10-21(32-2)11-6-18)33(29,30)16-24(28)22-12-7-19(25)13-23(22)26/h3-13,24,28H,14-16H2,1-2H3/t24-/m0/s1. The van der Waals surface area contributed by atoms with Gasteiger partial charge in [0.1, 0.15) is 23.1 Å². The average molecular weight is 478 g/mol. The fraction of sp³-hybridized carbons (Fsp3) is 0.250. The van der Waals surface area contributed by atoms with Crippen LogP contribution in [0.15, 0.2) is 66.7 Å². The molecular formula is C24H25F2NO5S. The second-order valence-corrected chi connectivity index (χ2v) is 9.44. The Bertz CT molecular complexity index is 1120. The molecular weight excluding hydrogens is 452 g/mol. The average Bonchev–Trinajstić information content (AvgIpc) is 2.79. The first kappa shape index (κ1) is 24.6. The number of sulfonamides is 1. The maximum absolute atomic E-state index is 14.1. The van der Waals surface area contributed by atoms with Crippen LogP contribution in [-0.4, -0.2) is 37.8 Å². The Morgan fingerprint density at radius 1 is 0.848 bits per heavy atom. The van der Waals surface area contributed by atoms with Gasteiger partial charge in [-0.25, -0.2) is 17.2 Å². The van der Waals surface area contributed by atoms with Gasteiger partial charge in [0.25, 0.3) is 0 Å². The third kappa shape index (κ3) is 6.50. The van der Waals surface area contributed by atoms with Gasteiger partial charge in [-0.3, -0.25) is 0 Å². The smallest absolute Gasteiger partial charge is 0.217 e. The molecule has 0 aromatic heterocycles. The number of hydrogen-bond donors (Lipinski definition) is 1. The number of rotatable bonds is 10. The van der Waals surface area contributed by atoms with Crippen molar-refractivity contribution in [2.75, 3.05) is 20.0 Å². The Morgan fingerprint density at radius 2 is 1.33 bits per heavy atom. The van der Waals surface area contributed by atoms with Crippen molar-refractivity contribution in [2.45, 2.75) is 19.2 Å². The minimum Gasteiger partial charge on any atom is -0.497 e. The van der Waals surface area contributed by atoms with Crippen LogP contribution < -0.4 is 9.47 Å². The minimum atomic E-state index is -4.06. The molecule has 0 spiro atoms. The summed E-state index contributed by atoms with van der Waals surface area (Å²) in [5.74, 6) is -1.32. The van der Waals surface area contributed by atoms with Crippen molar-refractivity contribution >= 4 is 10.0 Å². The maximum atomic E-state index is 14.1. The summed E-state index contributed by atoms with van der Waals surface area (Å²) in [5, 5.41) is 10.4. The highest BCUT2D eigenvalue weighted by molar-refractivity contribution is 7.89. The summed E-state index contributed by atoms with van der Waals surface area (Å²) in [6, 6.07) is 16.5. The summed E-state index contributed by atoms with van der Waals surface area (Å²) in [7, 11) is -0.998. The summed E-state index contributed by atoms with van der Waals surface area (Å²) < 4.78 is 65.3. The van der Waals surface area contributed by atoms with Crippen molar-refractivity contribution in [1.82, 2.24) is 4.31 Å². The first-order chi connectivity index (χ1) is 15.7. The molecule has 1 atom stereocenters.